The molecule has 3 rings (SSSR count). The van der Waals surface area contributed by atoms with Crippen LogP contribution in [0.1, 0.15) is 15.9 Å². The van der Waals surface area contributed by atoms with Crippen molar-refractivity contribution < 1.29 is 14.3 Å². The molecule has 1 aromatic heterocycles. The zero-order chi connectivity index (χ0) is 18.5. The van der Waals surface area contributed by atoms with Crippen molar-refractivity contribution in [2.75, 3.05) is 11.9 Å². The van der Waals surface area contributed by atoms with Gasteiger partial charge in [0.2, 0.25) is 0 Å². The smallest absolute Gasteiger partial charge is 0.339 e. The van der Waals surface area contributed by atoms with Crippen molar-refractivity contribution in [1.82, 2.24) is 4.98 Å². The molecule has 0 aliphatic heterocycles. The minimum atomic E-state index is -0.563. The number of aromatic nitrogens is 1. The van der Waals surface area contributed by atoms with Gasteiger partial charge >= 0.3 is 5.97 Å². The number of aryl methyl sites for hydroxylation is 1. The number of ether oxygens (including phenoxy) is 1. The summed E-state index contributed by atoms with van der Waals surface area (Å²) in [5.41, 5.74) is 3.31. The first kappa shape index (κ1) is 18.3. The number of esters is 1. The number of hydrogen-bond donors (Lipinski definition) is 1. The molecule has 2 aromatic carbocycles. The van der Waals surface area contributed by atoms with Gasteiger partial charge in [0.05, 0.1) is 11.3 Å². The van der Waals surface area contributed by atoms with Crippen LogP contribution in [-0.4, -0.2) is 23.5 Å². The third-order valence-corrected chi connectivity index (χ3v) is 4.98. The first-order valence-electron chi connectivity index (χ1n) is 7.77. The Morgan fingerprint density at radius 2 is 1.88 bits per heavy atom. The molecule has 1 amide bonds. The molecule has 132 valence electrons. The molecular formula is C19H15BrN2O3S. The van der Waals surface area contributed by atoms with Crippen molar-refractivity contribution in [1.29, 1.82) is 0 Å². The van der Waals surface area contributed by atoms with Crippen LogP contribution in [0.3, 0.4) is 0 Å². The van der Waals surface area contributed by atoms with Gasteiger partial charge in [-0.3, -0.25) is 10.1 Å². The molecule has 7 heteroatoms. The second-order valence-electron chi connectivity index (χ2n) is 5.51. The molecule has 0 atom stereocenters. The van der Waals surface area contributed by atoms with Crippen LogP contribution in [0.25, 0.3) is 11.3 Å². The van der Waals surface area contributed by atoms with E-state index in [1.807, 2.05) is 36.6 Å². The molecular weight excluding hydrogens is 416 g/mol. The normalized spacial score (nSPS) is 10.4. The van der Waals surface area contributed by atoms with E-state index < -0.39 is 11.9 Å². The van der Waals surface area contributed by atoms with Gasteiger partial charge in [0.15, 0.2) is 11.7 Å². The predicted molar refractivity (Wildman–Crippen MR) is 105 cm³/mol. The summed E-state index contributed by atoms with van der Waals surface area (Å²) >= 11 is 4.60. The van der Waals surface area contributed by atoms with E-state index in [4.69, 9.17) is 4.74 Å². The summed E-state index contributed by atoms with van der Waals surface area (Å²) in [4.78, 5) is 28.4. The Kier molecular flexibility index (Phi) is 5.80. The lowest BCUT2D eigenvalue weighted by molar-refractivity contribution is -0.119. The molecule has 3 aromatic rings. The van der Waals surface area contributed by atoms with Crippen molar-refractivity contribution in [3.05, 3.63) is 69.5 Å². The van der Waals surface area contributed by atoms with Crippen molar-refractivity contribution in [2.45, 2.75) is 6.92 Å². The lowest BCUT2D eigenvalue weighted by Gasteiger charge is -2.06. The largest absolute Gasteiger partial charge is 0.452 e. The highest BCUT2D eigenvalue weighted by Gasteiger charge is 2.14. The summed E-state index contributed by atoms with van der Waals surface area (Å²) in [6.45, 7) is 1.64. The number of hydrogen-bond acceptors (Lipinski definition) is 5. The van der Waals surface area contributed by atoms with Crippen LogP contribution in [0.5, 0.6) is 0 Å². The quantitative estimate of drug-likeness (QED) is 0.596. The van der Waals surface area contributed by atoms with Crippen LogP contribution in [0.4, 0.5) is 5.13 Å². The fourth-order valence-electron chi connectivity index (χ4n) is 2.18. The van der Waals surface area contributed by atoms with Gasteiger partial charge in [-0.15, -0.1) is 11.3 Å². The minimum Gasteiger partial charge on any atom is -0.452 e. The van der Waals surface area contributed by atoms with Gasteiger partial charge in [-0.1, -0.05) is 42.0 Å². The SMILES string of the molecule is Cc1ccc(-c2csc(NC(=O)COC(=O)c3ccccc3Br)n2)cc1. The summed E-state index contributed by atoms with van der Waals surface area (Å²) in [6, 6.07) is 14.9. The Morgan fingerprint density at radius 3 is 2.62 bits per heavy atom. The van der Waals surface area contributed by atoms with E-state index in [0.29, 0.717) is 15.2 Å². The maximum Gasteiger partial charge on any atom is 0.339 e. The Bertz CT molecular complexity index is 938. The maximum absolute atomic E-state index is 12.0. The summed E-state index contributed by atoms with van der Waals surface area (Å²) in [5, 5.41) is 4.97. The topological polar surface area (TPSA) is 68.3 Å². The van der Waals surface area contributed by atoms with Gasteiger partial charge < -0.3 is 4.74 Å². The number of nitrogens with zero attached hydrogens (tertiary/aromatic N) is 1. The monoisotopic (exact) mass is 430 g/mol. The summed E-state index contributed by atoms with van der Waals surface area (Å²) in [5.74, 6) is -0.998. The fourth-order valence-corrected chi connectivity index (χ4v) is 3.36. The highest BCUT2D eigenvalue weighted by molar-refractivity contribution is 9.10. The Labute approximate surface area is 163 Å². The molecule has 0 aliphatic carbocycles. The predicted octanol–water partition coefficient (Wildman–Crippen LogP) is 4.68. The van der Waals surface area contributed by atoms with E-state index in [1.54, 1.807) is 24.3 Å². The third kappa shape index (κ3) is 4.56. The molecule has 0 bridgehead atoms. The lowest BCUT2D eigenvalue weighted by Crippen LogP contribution is -2.21. The van der Waals surface area contributed by atoms with Gasteiger partial charge in [0.1, 0.15) is 0 Å². The number of anilines is 1. The van der Waals surface area contributed by atoms with Crippen molar-refractivity contribution >= 4 is 44.3 Å². The zero-order valence-electron chi connectivity index (χ0n) is 13.9. The van der Waals surface area contributed by atoms with Crippen LogP contribution < -0.4 is 5.32 Å². The highest BCUT2D eigenvalue weighted by Crippen LogP contribution is 2.25. The van der Waals surface area contributed by atoms with Crippen LogP contribution in [0, 0.1) is 6.92 Å². The summed E-state index contributed by atoms with van der Waals surface area (Å²) < 4.78 is 5.66. The number of thiazole rings is 1. The molecule has 0 aliphatic rings. The first-order chi connectivity index (χ1) is 12.5. The molecule has 0 spiro atoms. The summed E-state index contributed by atoms with van der Waals surface area (Å²) in [7, 11) is 0. The fraction of sp³-hybridized carbons (Fsp3) is 0.105. The Morgan fingerprint density at radius 1 is 1.15 bits per heavy atom. The molecule has 0 radical (unpaired) electrons. The number of nitrogens with one attached hydrogen (secondary N) is 1. The van der Waals surface area contributed by atoms with Gasteiger partial charge in [-0.2, -0.15) is 0 Å². The van der Waals surface area contributed by atoms with Crippen LogP contribution in [-0.2, 0) is 9.53 Å². The van der Waals surface area contributed by atoms with Gasteiger partial charge in [0.25, 0.3) is 5.91 Å². The number of carbonyl (C=O) groups is 2. The number of rotatable bonds is 5. The van der Waals surface area contributed by atoms with Crippen LogP contribution in [0.2, 0.25) is 0 Å². The van der Waals surface area contributed by atoms with E-state index >= 15 is 0 Å². The van der Waals surface area contributed by atoms with E-state index in [0.717, 1.165) is 11.3 Å². The summed E-state index contributed by atoms with van der Waals surface area (Å²) in [6.07, 6.45) is 0. The molecule has 0 saturated heterocycles. The standard InChI is InChI=1S/C19H15BrN2O3S/c1-12-6-8-13(9-7-12)16-11-26-19(21-16)22-17(23)10-25-18(24)14-4-2-3-5-15(14)20/h2-9,11H,10H2,1H3,(H,21,22,23). The third-order valence-electron chi connectivity index (χ3n) is 3.53. The number of halogens is 1. The van der Waals surface area contributed by atoms with E-state index in [2.05, 4.69) is 26.2 Å². The number of benzene rings is 2. The average molecular weight is 431 g/mol. The highest BCUT2D eigenvalue weighted by atomic mass is 79.9. The van der Waals surface area contributed by atoms with Gasteiger partial charge in [0, 0.05) is 15.4 Å². The molecule has 1 heterocycles. The second-order valence-corrected chi connectivity index (χ2v) is 7.22. The zero-order valence-corrected chi connectivity index (χ0v) is 16.3. The minimum absolute atomic E-state index is 0.371. The molecule has 0 fully saturated rings. The molecule has 0 unspecified atom stereocenters. The molecule has 1 N–H and O–H groups in total. The Hall–Kier alpha value is -2.51. The van der Waals surface area contributed by atoms with E-state index in [9.17, 15) is 9.59 Å². The second kappa shape index (κ2) is 8.25. The number of carbonyl (C=O) groups excluding carboxylic acids is 2. The molecule has 26 heavy (non-hydrogen) atoms. The van der Waals surface area contributed by atoms with E-state index in [-0.39, 0.29) is 6.61 Å². The number of amides is 1. The van der Waals surface area contributed by atoms with Gasteiger partial charge in [-0.05, 0) is 35.0 Å². The van der Waals surface area contributed by atoms with Crippen LogP contribution >= 0.6 is 27.3 Å². The van der Waals surface area contributed by atoms with E-state index in [1.165, 1.54) is 16.9 Å². The van der Waals surface area contributed by atoms with Crippen molar-refractivity contribution in [3.8, 4) is 11.3 Å². The van der Waals surface area contributed by atoms with Gasteiger partial charge in [-0.25, -0.2) is 9.78 Å². The first-order valence-corrected chi connectivity index (χ1v) is 9.44. The molecule has 5 nitrogen and oxygen atoms in total. The Balaban J connectivity index is 1.56. The maximum atomic E-state index is 12.0. The average Bonchev–Trinajstić information content (AvgIpc) is 3.09. The lowest BCUT2D eigenvalue weighted by atomic mass is 10.1. The van der Waals surface area contributed by atoms with Crippen molar-refractivity contribution in [3.63, 3.8) is 0 Å². The molecule has 0 saturated carbocycles. The van der Waals surface area contributed by atoms with Crippen LogP contribution in [0.15, 0.2) is 58.4 Å². The van der Waals surface area contributed by atoms with Crippen molar-refractivity contribution in [2.24, 2.45) is 0 Å².